The number of nitrogens with zero attached hydrogens (tertiary/aromatic N) is 1. The van der Waals surface area contributed by atoms with E-state index in [1.165, 1.54) is 6.42 Å². The molecule has 3 heteroatoms. The number of amides is 1. The van der Waals surface area contributed by atoms with E-state index in [9.17, 15) is 4.79 Å². The van der Waals surface area contributed by atoms with Gasteiger partial charge in [-0.15, -0.1) is 0 Å². The molecule has 3 nitrogen and oxygen atoms in total. The van der Waals surface area contributed by atoms with E-state index in [4.69, 9.17) is 4.42 Å². The maximum absolute atomic E-state index is 13.0. The first-order chi connectivity index (χ1) is 10.7. The number of rotatable bonds is 3. The molecule has 1 saturated heterocycles. The van der Waals surface area contributed by atoms with Gasteiger partial charge in [-0.3, -0.25) is 4.79 Å². The number of carbonyl (C=O) groups excluding carboxylic acids is 1. The smallest absolute Gasteiger partial charge is 0.254 e. The summed E-state index contributed by atoms with van der Waals surface area (Å²) < 4.78 is 5.40. The highest BCUT2D eigenvalue weighted by Crippen LogP contribution is 2.24. The van der Waals surface area contributed by atoms with Crippen molar-refractivity contribution in [1.29, 1.82) is 0 Å². The molecule has 0 aliphatic carbocycles. The van der Waals surface area contributed by atoms with Crippen molar-refractivity contribution in [3.8, 4) is 0 Å². The highest BCUT2D eigenvalue weighted by molar-refractivity contribution is 6.24. The molecule has 114 valence electrons. The molecule has 2 aromatic rings. The van der Waals surface area contributed by atoms with Gasteiger partial charge in [0.15, 0.2) is 0 Å². The van der Waals surface area contributed by atoms with Crippen LogP contribution < -0.4 is 0 Å². The lowest BCUT2D eigenvalue weighted by Gasteiger charge is -2.31. The van der Waals surface area contributed by atoms with Gasteiger partial charge in [0.05, 0.1) is 11.8 Å². The zero-order chi connectivity index (χ0) is 15.4. The van der Waals surface area contributed by atoms with Crippen LogP contribution in [0.5, 0.6) is 0 Å². The molecule has 1 fully saturated rings. The number of hydrogen-bond acceptors (Lipinski definition) is 2. The highest BCUT2D eigenvalue weighted by atomic mass is 16.3. The Bertz CT molecular complexity index is 643. The lowest BCUT2D eigenvalue weighted by atomic mass is 9.97. The number of hydrogen-bond donors (Lipinski definition) is 0. The standard InChI is InChI=1S/C19H21NO2/c1-15-7-5-11-20(14-15)19(21)18(13-17-10-6-12-22-17)16-8-3-2-4-9-16/h2-4,6,8-10,12-13,15H,5,7,11,14H2,1H3/b18-13+/t15-/m0/s1. The lowest BCUT2D eigenvalue weighted by molar-refractivity contribution is -0.126. The molecule has 1 aliphatic heterocycles. The van der Waals surface area contributed by atoms with Gasteiger partial charge in [0.1, 0.15) is 5.76 Å². The Morgan fingerprint density at radius 2 is 2.05 bits per heavy atom. The minimum Gasteiger partial charge on any atom is -0.465 e. The van der Waals surface area contributed by atoms with E-state index in [0.29, 0.717) is 17.3 Å². The van der Waals surface area contributed by atoms with Crippen molar-refractivity contribution in [1.82, 2.24) is 4.90 Å². The predicted molar refractivity (Wildman–Crippen MR) is 88.0 cm³/mol. The molecular weight excluding hydrogens is 274 g/mol. The predicted octanol–water partition coefficient (Wildman–Crippen LogP) is 4.08. The van der Waals surface area contributed by atoms with E-state index in [2.05, 4.69) is 6.92 Å². The molecule has 0 saturated carbocycles. The molecule has 3 rings (SSSR count). The average Bonchev–Trinajstić information content (AvgIpc) is 3.06. The molecule has 0 N–H and O–H groups in total. The van der Waals surface area contributed by atoms with Crippen molar-refractivity contribution in [2.24, 2.45) is 5.92 Å². The van der Waals surface area contributed by atoms with Crippen LogP contribution in [0.1, 0.15) is 31.1 Å². The Kier molecular flexibility index (Phi) is 4.42. The van der Waals surface area contributed by atoms with E-state index in [0.717, 1.165) is 25.1 Å². The van der Waals surface area contributed by atoms with E-state index in [1.54, 1.807) is 6.26 Å². The van der Waals surface area contributed by atoms with Crippen molar-refractivity contribution in [3.05, 3.63) is 60.1 Å². The van der Waals surface area contributed by atoms with Crippen LogP contribution in [0.2, 0.25) is 0 Å². The highest BCUT2D eigenvalue weighted by Gasteiger charge is 2.24. The minimum atomic E-state index is 0.0918. The van der Waals surface area contributed by atoms with Crippen LogP contribution in [0.25, 0.3) is 11.6 Å². The van der Waals surface area contributed by atoms with Crippen LogP contribution in [0.4, 0.5) is 0 Å². The number of likely N-dealkylation sites (tertiary alicyclic amines) is 1. The third-order valence-corrected chi connectivity index (χ3v) is 4.09. The molecule has 2 heterocycles. The normalized spacial score (nSPS) is 19.2. The summed E-state index contributed by atoms with van der Waals surface area (Å²) in [5.41, 5.74) is 1.63. The summed E-state index contributed by atoms with van der Waals surface area (Å²) in [5, 5.41) is 0. The average molecular weight is 295 g/mol. The zero-order valence-corrected chi connectivity index (χ0v) is 12.9. The molecule has 1 atom stereocenters. The first kappa shape index (κ1) is 14.6. The second kappa shape index (κ2) is 6.65. The maximum atomic E-state index is 13.0. The number of piperidine rings is 1. The van der Waals surface area contributed by atoms with Gasteiger partial charge in [0, 0.05) is 13.1 Å². The van der Waals surface area contributed by atoms with Crippen molar-refractivity contribution < 1.29 is 9.21 Å². The summed E-state index contributed by atoms with van der Waals surface area (Å²) in [4.78, 5) is 15.0. The second-order valence-corrected chi connectivity index (χ2v) is 5.94. The molecule has 1 aromatic carbocycles. The first-order valence-corrected chi connectivity index (χ1v) is 7.84. The SMILES string of the molecule is C[C@H]1CCCN(C(=O)/C(=C/c2ccco2)c2ccccc2)C1. The Labute approximate surface area is 131 Å². The van der Waals surface area contributed by atoms with Gasteiger partial charge in [-0.25, -0.2) is 0 Å². The lowest BCUT2D eigenvalue weighted by Crippen LogP contribution is -2.39. The number of benzene rings is 1. The largest absolute Gasteiger partial charge is 0.465 e. The second-order valence-electron chi connectivity index (χ2n) is 5.94. The molecule has 0 unspecified atom stereocenters. The summed E-state index contributed by atoms with van der Waals surface area (Å²) in [5.74, 6) is 1.37. The van der Waals surface area contributed by atoms with E-state index >= 15 is 0 Å². The van der Waals surface area contributed by atoms with E-state index < -0.39 is 0 Å². The van der Waals surface area contributed by atoms with Crippen LogP contribution in [-0.2, 0) is 4.79 Å². The summed E-state index contributed by atoms with van der Waals surface area (Å²) in [6.07, 6.45) is 5.75. The summed E-state index contributed by atoms with van der Waals surface area (Å²) in [7, 11) is 0. The van der Waals surface area contributed by atoms with Gasteiger partial charge in [-0.2, -0.15) is 0 Å². The molecule has 1 aliphatic rings. The maximum Gasteiger partial charge on any atom is 0.254 e. The molecule has 1 amide bonds. The van der Waals surface area contributed by atoms with Gasteiger partial charge in [0.2, 0.25) is 0 Å². The first-order valence-electron chi connectivity index (χ1n) is 7.84. The van der Waals surface area contributed by atoms with Gasteiger partial charge in [0.25, 0.3) is 5.91 Å². The van der Waals surface area contributed by atoms with Crippen LogP contribution >= 0.6 is 0 Å². The Hall–Kier alpha value is -2.29. The summed E-state index contributed by atoms with van der Waals surface area (Å²) in [6, 6.07) is 13.5. The van der Waals surface area contributed by atoms with Gasteiger partial charge in [-0.05, 0) is 42.5 Å². The van der Waals surface area contributed by atoms with Crippen molar-refractivity contribution in [3.63, 3.8) is 0 Å². The van der Waals surface area contributed by atoms with Crippen LogP contribution in [0, 0.1) is 5.92 Å². The van der Waals surface area contributed by atoms with E-state index in [1.807, 2.05) is 53.4 Å². The van der Waals surface area contributed by atoms with Gasteiger partial charge in [-0.1, -0.05) is 37.3 Å². The Balaban J connectivity index is 1.93. The fourth-order valence-electron chi connectivity index (χ4n) is 2.95. The summed E-state index contributed by atoms with van der Waals surface area (Å²) in [6.45, 7) is 3.88. The number of carbonyl (C=O) groups is 1. The quantitative estimate of drug-likeness (QED) is 0.799. The van der Waals surface area contributed by atoms with Crippen LogP contribution in [0.3, 0.4) is 0 Å². The molecule has 0 spiro atoms. The van der Waals surface area contributed by atoms with Crippen LogP contribution in [-0.4, -0.2) is 23.9 Å². The fraction of sp³-hybridized carbons (Fsp3) is 0.316. The molecule has 1 aromatic heterocycles. The third-order valence-electron chi connectivity index (χ3n) is 4.09. The fourth-order valence-corrected chi connectivity index (χ4v) is 2.95. The Morgan fingerprint density at radius 3 is 2.73 bits per heavy atom. The molecule has 22 heavy (non-hydrogen) atoms. The molecule has 0 radical (unpaired) electrons. The monoisotopic (exact) mass is 295 g/mol. The van der Waals surface area contributed by atoms with E-state index in [-0.39, 0.29) is 5.91 Å². The van der Waals surface area contributed by atoms with Crippen molar-refractivity contribution in [2.45, 2.75) is 19.8 Å². The van der Waals surface area contributed by atoms with Gasteiger partial charge < -0.3 is 9.32 Å². The zero-order valence-electron chi connectivity index (χ0n) is 12.9. The summed E-state index contributed by atoms with van der Waals surface area (Å²) >= 11 is 0. The topological polar surface area (TPSA) is 33.5 Å². The number of furan rings is 1. The third kappa shape index (κ3) is 3.30. The van der Waals surface area contributed by atoms with Gasteiger partial charge >= 0.3 is 0 Å². The molecular formula is C19H21NO2. The molecule has 0 bridgehead atoms. The minimum absolute atomic E-state index is 0.0918. The van der Waals surface area contributed by atoms with Crippen molar-refractivity contribution >= 4 is 17.6 Å². The van der Waals surface area contributed by atoms with Crippen LogP contribution in [0.15, 0.2) is 53.1 Å². The Morgan fingerprint density at radius 1 is 1.23 bits per heavy atom. The van der Waals surface area contributed by atoms with Crippen molar-refractivity contribution in [2.75, 3.05) is 13.1 Å².